The minimum atomic E-state index is -0.438. The van der Waals surface area contributed by atoms with Crippen LogP contribution in [0.25, 0.3) is 0 Å². The third-order valence-electron chi connectivity index (χ3n) is 1.67. The summed E-state index contributed by atoms with van der Waals surface area (Å²) in [5.41, 5.74) is -0.372. The third-order valence-corrected chi connectivity index (χ3v) is 1.67. The van der Waals surface area contributed by atoms with Crippen LogP contribution in [-0.4, -0.2) is 23.2 Å². The summed E-state index contributed by atoms with van der Waals surface area (Å²) >= 11 is 0. The Kier molecular flexibility index (Phi) is 1.64. The quantitative estimate of drug-likeness (QED) is 0.495. The van der Waals surface area contributed by atoms with E-state index in [1.807, 2.05) is 5.92 Å². The normalized spacial score (nSPS) is 19.2. The molecular formula is C7H9NO2. The molecule has 0 unspecified atom stereocenters. The first-order valence-electron chi connectivity index (χ1n) is 3.12. The molecule has 0 heterocycles. The van der Waals surface area contributed by atoms with Crippen LogP contribution in [0.5, 0.6) is 0 Å². The zero-order chi connectivity index (χ0) is 7.61. The Morgan fingerprint density at radius 1 is 1.80 bits per heavy atom. The molecule has 1 fully saturated rings. The number of rotatable bonds is 2. The van der Waals surface area contributed by atoms with Gasteiger partial charge in [0, 0.05) is 0 Å². The summed E-state index contributed by atoms with van der Waals surface area (Å²) in [5, 5.41) is 11.3. The summed E-state index contributed by atoms with van der Waals surface area (Å²) < 4.78 is 0. The van der Waals surface area contributed by atoms with Crippen LogP contribution in [0.2, 0.25) is 0 Å². The van der Waals surface area contributed by atoms with Crippen LogP contribution in [-0.2, 0) is 4.79 Å². The number of hydrogen-bond donors (Lipinski definition) is 2. The monoisotopic (exact) mass is 139 g/mol. The van der Waals surface area contributed by atoms with Crippen molar-refractivity contribution >= 4 is 5.91 Å². The molecule has 0 aromatic rings. The zero-order valence-corrected chi connectivity index (χ0v) is 5.55. The predicted octanol–water partition coefficient (Wildman–Crippen LogP) is -0.739. The molecule has 0 saturated heterocycles. The van der Waals surface area contributed by atoms with E-state index in [1.54, 1.807) is 0 Å². The number of amides is 1. The number of aliphatic hydroxyl groups excluding tert-OH is 1. The second-order valence-electron chi connectivity index (χ2n) is 2.54. The summed E-state index contributed by atoms with van der Waals surface area (Å²) in [4.78, 5) is 10.6. The Bertz CT molecular complexity index is 188. The molecule has 1 saturated carbocycles. The average Bonchev–Trinajstić information content (AvgIpc) is 2.70. The summed E-state index contributed by atoms with van der Waals surface area (Å²) in [6.07, 6.45) is 6.48. The van der Waals surface area contributed by atoms with Gasteiger partial charge in [0.25, 0.3) is 5.91 Å². The maximum atomic E-state index is 10.6. The van der Waals surface area contributed by atoms with E-state index in [0.717, 1.165) is 12.8 Å². The van der Waals surface area contributed by atoms with Crippen LogP contribution >= 0.6 is 0 Å². The highest BCUT2D eigenvalue weighted by atomic mass is 16.3. The molecule has 54 valence electrons. The Hall–Kier alpha value is -1.01. The van der Waals surface area contributed by atoms with E-state index in [4.69, 9.17) is 11.5 Å². The van der Waals surface area contributed by atoms with E-state index in [1.165, 1.54) is 0 Å². The Morgan fingerprint density at radius 2 is 2.40 bits per heavy atom. The minimum absolute atomic E-state index is 0.0135. The van der Waals surface area contributed by atoms with Crippen LogP contribution in [0.4, 0.5) is 0 Å². The van der Waals surface area contributed by atoms with Gasteiger partial charge >= 0.3 is 0 Å². The highest BCUT2D eigenvalue weighted by Gasteiger charge is 2.43. The molecule has 0 aromatic heterocycles. The molecule has 2 N–H and O–H groups in total. The van der Waals surface area contributed by atoms with Crippen LogP contribution in [0.1, 0.15) is 12.8 Å². The highest BCUT2D eigenvalue weighted by molar-refractivity contribution is 5.93. The molecule has 1 aliphatic carbocycles. The first kappa shape index (κ1) is 7.10. The molecule has 10 heavy (non-hydrogen) atoms. The van der Waals surface area contributed by atoms with Gasteiger partial charge in [0.15, 0.2) is 0 Å². The molecular weight excluding hydrogens is 130 g/mol. The van der Waals surface area contributed by atoms with Crippen LogP contribution in [0.3, 0.4) is 0 Å². The summed E-state index contributed by atoms with van der Waals surface area (Å²) in [7, 11) is 0. The minimum Gasteiger partial charge on any atom is -0.394 e. The van der Waals surface area contributed by atoms with Gasteiger partial charge in [-0.3, -0.25) is 4.79 Å². The lowest BCUT2D eigenvalue weighted by molar-refractivity contribution is -0.116. The maximum absolute atomic E-state index is 10.6. The van der Waals surface area contributed by atoms with Crippen molar-refractivity contribution in [2.24, 2.45) is 0 Å². The molecule has 0 atom stereocenters. The molecule has 0 radical (unpaired) electrons. The van der Waals surface area contributed by atoms with Crippen molar-refractivity contribution < 1.29 is 9.90 Å². The van der Waals surface area contributed by atoms with Crippen molar-refractivity contribution in [2.45, 2.75) is 18.4 Å². The summed E-state index contributed by atoms with van der Waals surface area (Å²) in [5.74, 6) is 1.50. The molecule has 1 amide bonds. The van der Waals surface area contributed by atoms with E-state index in [0.29, 0.717) is 0 Å². The lowest BCUT2D eigenvalue weighted by Gasteiger charge is -2.10. The van der Waals surface area contributed by atoms with Gasteiger partial charge in [-0.1, -0.05) is 0 Å². The van der Waals surface area contributed by atoms with Crippen molar-refractivity contribution in [3.8, 4) is 12.3 Å². The van der Waals surface area contributed by atoms with Gasteiger partial charge in [-0.05, 0) is 18.8 Å². The molecule has 0 bridgehead atoms. The van der Waals surface area contributed by atoms with E-state index < -0.39 is 5.91 Å². The van der Waals surface area contributed by atoms with E-state index >= 15 is 0 Å². The van der Waals surface area contributed by atoms with Gasteiger partial charge in [0.05, 0.1) is 12.1 Å². The molecule has 0 spiro atoms. The first-order valence-corrected chi connectivity index (χ1v) is 3.12. The Morgan fingerprint density at radius 3 is 2.70 bits per heavy atom. The Labute approximate surface area is 59.4 Å². The van der Waals surface area contributed by atoms with Crippen molar-refractivity contribution in [1.29, 1.82) is 0 Å². The number of carbonyl (C=O) groups excluding carboxylic acids is 1. The van der Waals surface area contributed by atoms with E-state index in [2.05, 4.69) is 5.32 Å². The summed E-state index contributed by atoms with van der Waals surface area (Å²) in [6.45, 7) is -0.0135. The first-order chi connectivity index (χ1) is 4.72. The second kappa shape index (κ2) is 2.31. The van der Waals surface area contributed by atoms with Gasteiger partial charge in [-0.2, -0.15) is 0 Å². The molecule has 1 aliphatic rings. The smallest absolute Gasteiger partial charge is 0.296 e. The second-order valence-corrected chi connectivity index (χ2v) is 2.54. The topological polar surface area (TPSA) is 49.3 Å². The fourth-order valence-electron chi connectivity index (χ4n) is 0.750. The largest absolute Gasteiger partial charge is 0.394 e. The fraction of sp³-hybridized carbons (Fsp3) is 0.571. The number of hydrogen-bond acceptors (Lipinski definition) is 2. The van der Waals surface area contributed by atoms with Crippen molar-refractivity contribution in [1.82, 2.24) is 5.32 Å². The van der Waals surface area contributed by atoms with E-state index in [-0.39, 0.29) is 12.1 Å². The number of carbonyl (C=O) groups is 1. The van der Waals surface area contributed by atoms with Gasteiger partial charge in [-0.25, -0.2) is 0 Å². The fourth-order valence-corrected chi connectivity index (χ4v) is 0.750. The lowest BCUT2D eigenvalue weighted by Crippen LogP contribution is -2.38. The van der Waals surface area contributed by atoms with Crippen molar-refractivity contribution in [3.05, 3.63) is 0 Å². The molecule has 3 heteroatoms. The maximum Gasteiger partial charge on any atom is 0.296 e. The average molecular weight is 139 g/mol. The summed E-state index contributed by atoms with van der Waals surface area (Å²) in [6, 6.07) is 0. The predicted molar refractivity (Wildman–Crippen MR) is 36.0 cm³/mol. The Balaban J connectivity index is 2.39. The van der Waals surface area contributed by atoms with Crippen LogP contribution in [0.15, 0.2) is 0 Å². The SMILES string of the molecule is C#CC(=O)NC1(CO)CC1. The molecule has 0 aromatic carbocycles. The number of nitrogens with one attached hydrogen (secondary N) is 1. The molecule has 0 aliphatic heterocycles. The van der Waals surface area contributed by atoms with Gasteiger partial charge < -0.3 is 10.4 Å². The third kappa shape index (κ3) is 1.28. The van der Waals surface area contributed by atoms with Crippen LogP contribution in [0, 0.1) is 12.3 Å². The van der Waals surface area contributed by atoms with E-state index in [9.17, 15) is 4.79 Å². The zero-order valence-electron chi connectivity index (χ0n) is 5.55. The van der Waals surface area contributed by atoms with Gasteiger partial charge in [0.2, 0.25) is 0 Å². The van der Waals surface area contributed by atoms with Gasteiger partial charge in [-0.15, -0.1) is 6.42 Å². The van der Waals surface area contributed by atoms with Crippen LogP contribution < -0.4 is 5.32 Å². The van der Waals surface area contributed by atoms with Gasteiger partial charge in [0.1, 0.15) is 0 Å². The van der Waals surface area contributed by atoms with Crippen molar-refractivity contribution in [2.75, 3.05) is 6.61 Å². The molecule has 3 nitrogen and oxygen atoms in total. The standard InChI is InChI=1S/C7H9NO2/c1-2-6(10)8-7(5-9)3-4-7/h1,9H,3-5H2,(H,8,10). The number of terminal acetylenes is 1. The lowest BCUT2D eigenvalue weighted by atomic mass is 10.3. The number of aliphatic hydroxyl groups is 1. The molecule has 1 rings (SSSR count). The highest BCUT2D eigenvalue weighted by Crippen LogP contribution is 2.34. The van der Waals surface area contributed by atoms with Crippen molar-refractivity contribution in [3.63, 3.8) is 0 Å².